The number of nitrogens with zero attached hydrogens (tertiary/aromatic N) is 3. The monoisotopic (exact) mass is 282 g/mol. The smallest absolute Gasteiger partial charge is 0.224 e. The van der Waals surface area contributed by atoms with Crippen molar-refractivity contribution in [2.75, 3.05) is 25.0 Å². The SMILES string of the molecule is O=Cc1c(Cl)ncnc1NCCC(=O)N1CCCC1. The van der Waals surface area contributed by atoms with Crippen molar-refractivity contribution in [2.45, 2.75) is 19.3 Å². The van der Waals surface area contributed by atoms with Crippen LogP contribution < -0.4 is 5.32 Å². The highest BCUT2D eigenvalue weighted by Gasteiger charge is 2.17. The number of likely N-dealkylation sites (tertiary alicyclic amines) is 1. The Morgan fingerprint density at radius 1 is 1.42 bits per heavy atom. The van der Waals surface area contributed by atoms with Crippen LogP contribution in [-0.4, -0.2) is 46.7 Å². The zero-order valence-corrected chi connectivity index (χ0v) is 11.2. The van der Waals surface area contributed by atoms with E-state index in [2.05, 4.69) is 15.3 Å². The van der Waals surface area contributed by atoms with Gasteiger partial charge in [-0.3, -0.25) is 9.59 Å². The summed E-state index contributed by atoms with van der Waals surface area (Å²) in [4.78, 5) is 32.2. The Morgan fingerprint density at radius 3 is 2.84 bits per heavy atom. The summed E-state index contributed by atoms with van der Waals surface area (Å²) in [5, 5.41) is 3.05. The summed E-state index contributed by atoms with van der Waals surface area (Å²) >= 11 is 5.78. The van der Waals surface area contributed by atoms with E-state index in [-0.39, 0.29) is 16.6 Å². The molecule has 6 nitrogen and oxygen atoms in total. The zero-order chi connectivity index (χ0) is 13.7. The number of anilines is 1. The number of carbonyl (C=O) groups excluding carboxylic acids is 2. The maximum atomic E-state index is 11.8. The van der Waals surface area contributed by atoms with E-state index in [9.17, 15) is 9.59 Å². The lowest BCUT2D eigenvalue weighted by Gasteiger charge is -2.15. The topological polar surface area (TPSA) is 75.2 Å². The van der Waals surface area contributed by atoms with Gasteiger partial charge in [-0.05, 0) is 12.8 Å². The van der Waals surface area contributed by atoms with Crippen molar-refractivity contribution in [3.63, 3.8) is 0 Å². The minimum absolute atomic E-state index is 0.110. The van der Waals surface area contributed by atoms with E-state index in [4.69, 9.17) is 11.6 Å². The number of aldehydes is 1. The van der Waals surface area contributed by atoms with Crippen molar-refractivity contribution < 1.29 is 9.59 Å². The number of carbonyl (C=O) groups is 2. The molecule has 1 aliphatic rings. The minimum Gasteiger partial charge on any atom is -0.369 e. The van der Waals surface area contributed by atoms with Gasteiger partial charge in [-0.15, -0.1) is 0 Å². The third-order valence-electron chi connectivity index (χ3n) is 3.04. The molecule has 1 aromatic rings. The first-order valence-electron chi connectivity index (χ1n) is 6.19. The molecule has 1 aromatic heterocycles. The molecular weight excluding hydrogens is 268 g/mol. The van der Waals surface area contributed by atoms with E-state index in [1.165, 1.54) is 6.33 Å². The molecule has 2 rings (SSSR count). The molecule has 1 fully saturated rings. The van der Waals surface area contributed by atoms with Crippen LogP contribution in [0.25, 0.3) is 0 Å². The van der Waals surface area contributed by atoms with Crippen LogP contribution in [0, 0.1) is 0 Å². The fraction of sp³-hybridized carbons (Fsp3) is 0.500. The van der Waals surface area contributed by atoms with Crippen LogP contribution in [0.2, 0.25) is 5.15 Å². The number of amides is 1. The third kappa shape index (κ3) is 3.41. The molecule has 19 heavy (non-hydrogen) atoms. The number of nitrogens with one attached hydrogen (secondary N) is 1. The minimum atomic E-state index is 0.110. The highest BCUT2D eigenvalue weighted by molar-refractivity contribution is 6.32. The van der Waals surface area contributed by atoms with Gasteiger partial charge < -0.3 is 10.2 Å². The van der Waals surface area contributed by atoms with Gasteiger partial charge in [0.05, 0.1) is 5.56 Å². The Balaban J connectivity index is 1.87. The second-order valence-electron chi connectivity index (χ2n) is 4.31. The predicted molar refractivity (Wildman–Crippen MR) is 71.4 cm³/mol. The van der Waals surface area contributed by atoms with E-state index in [0.717, 1.165) is 25.9 Å². The van der Waals surface area contributed by atoms with Gasteiger partial charge >= 0.3 is 0 Å². The maximum absolute atomic E-state index is 11.8. The van der Waals surface area contributed by atoms with Crippen LogP contribution in [0.15, 0.2) is 6.33 Å². The summed E-state index contributed by atoms with van der Waals surface area (Å²) in [5.41, 5.74) is 0.220. The molecule has 0 saturated carbocycles. The van der Waals surface area contributed by atoms with Crippen molar-refractivity contribution in [3.05, 3.63) is 17.0 Å². The average Bonchev–Trinajstić information content (AvgIpc) is 2.93. The third-order valence-corrected chi connectivity index (χ3v) is 3.34. The molecule has 0 aromatic carbocycles. The van der Waals surface area contributed by atoms with Gasteiger partial charge in [0.1, 0.15) is 17.3 Å². The van der Waals surface area contributed by atoms with E-state index in [0.29, 0.717) is 25.1 Å². The van der Waals surface area contributed by atoms with E-state index >= 15 is 0 Å². The fourth-order valence-electron chi connectivity index (χ4n) is 2.03. The van der Waals surface area contributed by atoms with E-state index in [1.54, 1.807) is 0 Å². The van der Waals surface area contributed by atoms with Crippen molar-refractivity contribution in [1.29, 1.82) is 0 Å². The molecule has 7 heteroatoms. The molecule has 1 aliphatic heterocycles. The Bertz CT molecular complexity index is 475. The summed E-state index contributed by atoms with van der Waals surface area (Å²) in [6.07, 6.45) is 4.42. The van der Waals surface area contributed by atoms with Crippen LogP contribution in [0.4, 0.5) is 5.82 Å². The standard InChI is InChI=1S/C12H15ClN4O2/c13-11-9(7-18)12(16-8-15-11)14-4-3-10(19)17-5-1-2-6-17/h7-8H,1-6H2,(H,14,15,16). The molecule has 1 saturated heterocycles. The van der Waals surface area contributed by atoms with Gasteiger partial charge in [-0.25, -0.2) is 9.97 Å². The number of rotatable bonds is 5. The summed E-state index contributed by atoms with van der Waals surface area (Å²) in [6, 6.07) is 0. The highest BCUT2D eigenvalue weighted by Crippen LogP contribution is 2.17. The maximum Gasteiger partial charge on any atom is 0.224 e. The largest absolute Gasteiger partial charge is 0.369 e. The molecular formula is C12H15ClN4O2. The van der Waals surface area contributed by atoms with Crippen LogP contribution >= 0.6 is 11.6 Å². The van der Waals surface area contributed by atoms with Gasteiger partial charge in [0, 0.05) is 26.1 Å². The summed E-state index contributed by atoms with van der Waals surface area (Å²) in [7, 11) is 0. The molecule has 2 heterocycles. The quantitative estimate of drug-likeness (QED) is 0.652. The molecule has 0 spiro atoms. The Labute approximate surface area is 116 Å². The molecule has 102 valence electrons. The van der Waals surface area contributed by atoms with Crippen molar-refractivity contribution in [2.24, 2.45) is 0 Å². The van der Waals surface area contributed by atoms with E-state index in [1.807, 2.05) is 4.90 Å². The predicted octanol–water partition coefficient (Wildman–Crippen LogP) is 1.37. The summed E-state index contributed by atoms with van der Waals surface area (Å²) in [5.74, 6) is 0.488. The Morgan fingerprint density at radius 2 is 2.16 bits per heavy atom. The lowest BCUT2D eigenvalue weighted by molar-refractivity contribution is -0.129. The van der Waals surface area contributed by atoms with Gasteiger partial charge in [-0.2, -0.15) is 0 Å². The number of aromatic nitrogens is 2. The average molecular weight is 283 g/mol. The first-order valence-corrected chi connectivity index (χ1v) is 6.57. The Kier molecular flexibility index (Phi) is 4.68. The second kappa shape index (κ2) is 6.47. The van der Waals surface area contributed by atoms with Crippen molar-refractivity contribution in [3.8, 4) is 0 Å². The number of hydrogen-bond donors (Lipinski definition) is 1. The van der Waals surface area contributed by atoms with Gasteiger partial charge in [0.2, 0.25) is 5.91 Å². The van der Waals surface area contributed by atoms with Crippen LogP contribution in [0.3, 0.4) is 0 Å². The number of halogens is 1. The van der Waals surface area contributed by atoms with Crippen molar-refractivity contribution >= 4 is 29.6 Å². The molecule has 0 radical (unpaired) electrons. The Hall–Kier alpha value is -1.69. The summed E-state index contributed by atoms with van der Waals surface area (Å²) < 4.78 is 0. The van der Waals surface area contributed by atoms with Crippen LogP contribution in [-0.2, 0) is 4.79 Å². The first kappa shape index (κ1) is 13.7. The molecule has 1 amide bonds. The molecule has 0 unspecified atom stereocenters. The van der Waals surface area contributed by atoms with Crippen LogP contribution in [0.5, 0.6) is 0 Å². The number of hydrogen-bond acceptors (Lipinski definition) is 5. The van der Waals surface area contributed by atoms with Gasteiger partial charge in [0.15, 0.2) is 6.29 Å². The highest BCUT2D eigenvalue weighted by atomic mass is 35.5. The fourth-order valence-corrected chi connectivity index (χ4v) is 2.21. The summed E-state index contributed by atoms with van der Waals surface area (Å²) in [6.45, 7) is 2.11. The zero-order valence-electron chi connectivity index (χ0n) is 10.4. The molecule has 1 N–H and O–H groups in total. The lowest BCUT2D eigenvalue weighted by Crippen LogP contribution is -2.29. The molecule has 0 atom stereocenters. The normalized spacial score (nSPS) is 14.5. The molecule has 0 bridgehead atoms. The first-order chi connectivity index (χ1) is 9.22. The second-order valence-corrected chi connectivity index (χ2v) is 4.67. The lowest BCUT2D eigenvalue weighted by atomic mass is 10.3. The van der Waals surface area contributed by atoms with Crippen molar-refractivity contribution in [1.82, 2.24) is 14.9 Å². The van der Waals surface area contributed by atoms with Gasteiger partial charge in [-0.1, -0.05) is 11.6 Å². The van der Waals surface area contributed by atoms with E-state index < -0.39 is 0 Å². The molecule has 0 aliphatic carbocycles. The van der Waals surface area contributed by atoms with Gasteiger partial charge in [0.25, 0.3) is 0 Å². The van der Waals surface area contributed by atoms with Crippen LogP contribution in [0.1, 0.15) is 29.6 Å².